The maximum atomic E-state index is 3.75. The molecule has 1 aliphatic heterocycles. The molecule has 0 bridgehead atoms. The SMILES string of the molecule is C1CCC2C(C1)CNC21CC1. The van der Waals surface area contributed by atoms with Crippen LogP contribution in [0.2, 0.25) is 0 Å². The molecule has 0 aromatic heterocycles. The number of hydrogen-bond donors (Lipinski definition) is 1. The second-order valence-electron chi connectivity index (χ2n) is 4.69. The Bertz CT molecular complexity index is 172. The zero-order valence-electron chi connectivity index (χ0n) is 7.10. The Morgan fingerprint density at radius 2 is 1.91 bits per heavy atom. The first kappa shape index (κ1) is 6.47. The van der Waals surface area contributed by atoms with Crippen LogP contribution in [0.3, 0.4) is 0 Å². The van der Waals surface area contributed by atoms with E-state index in [-0.39, 0.29) is 0 Å². The Kier molecular flexibility index (Phi) is 1.18. The second-order valence-corrected chi connectivity index (χ2v) is 4.69. The molecule has 0 aromatic rings. The molecule has 2 saturated carbocycles. The Labute approximate surface area is 68.6 Å². The van der Waals surface area contributed by atoms with E-state index in [9.17, 15) is 0 Å². The van der Waals surface area contributed by atoms with Gasteiger partial charge in [-0.25, -0.2) is 0 Å². The fraction of sp³-hybridized carbons (Fsp3) is 1.00. The van der Waals surface area contributed by atoms with Crippen LogP contribution in [0.15, 0.2) is 0 Å². The molecule has 1 N–H and O–H groups in total. The quantitative estimate of drug-likeness (QED) is 0.558. The lowest BCUT2D eigenvalue weighted by atomic mass is 9.77. The van der Waals surface area contributed by atoms with Crippen LogP contribution in [0, 0.1) is 11.8 Å². The van der Waals surface area contributed by atoms with Crippen LogP contribution >= 0.6 is 0 Å². The summed E-state index contributed by atoms with van der Waals surface area (Å²) in [6, 6.07) is 0. The summed E-state index contributed by atoms with van der Waals surface area (Å²) >= 11 is 0. The molecule has 3 fully saturated rings. The summed E-state index contributed by atoms with van der Waals surface area (Å²) in [6.07, 6.45) is 9.00. The molecule has 0 radical (unpaired) electrons. The summed E-state index contributed by atoms with van der Waals surface area (Å²) in [5.74, 6) is 2.14. The molecule has 1 saturated heterocycles. The Hall–Kier alpha value is -0.0400. The van der Waals surface area contributed by atoms with Gasteiger partial charge in [0.25, 0.3) is 0 Å². The first-order valence-corrected chi connectivity index (χ1v) is 5.16. The van der Waals surface area contributed by atoms with E-state index in [4.69, 9.17) is 0 Å². The van der Waals surface area contributed by atoms with Crippen molar-refractivity contribution in [3.8, 4) is 0 Å². The first-order valence-electron chi connectivity index (χ1n) is 5.16. The van der Waals surface area contributed by atoms with Gasteiger partial charge < -0.3 is 5.32 Å². The van der Waals surface area contributed by atoms with Gasteiger partial charge >= 0.3 is 0 Å². The van der Waals surface area contributed by atoms with Crippen LogP contribution in [0.25, 0.3) is 0 Å². The molecule has 0 aromatic carbocycles. The molecule has 1 spiro atoms. The van der Waals surface area contributed by atoms with Gasteiger partial charge in [-0.05, 0) is 44.1 Å². The van der Waals surface area contributed by atoms with Crippen molar-refractivity contribution in [2.75, 3.05) is 6.54 Å². The van der Waals surface area contributed by atoms with Gasteiger partial charge in [0.05, 0.1) is 0 Å². The van der Waals surface area contributed by atoms with Gasteiger partial charge in [-0.2, -0.15) is 0 Å². The van der Waals surface area contributed by atoms with Gasteiger partial charge in [-0.15, -0.1) is 0 Å². The fourth-order valence-electron chi connectivity index (χ4n) is 3.33. The van der Waals surface area contributed by atoms with Crippen LogP contribution in [0.4, 0.5) is 0 Å². The molecule has 3 aliphatic rings. The third-order valence-electron chi connectivity index (χ3n) is 4.12. The zero-order chi connectivity index (χ0) is 7.31. The van der Waals surface area contributed by atoms with Crippen molar-refractivity contribution < 1.29 is 0 Å². The standard InChI is InChI=1S/C10H17N/c1-2-4-9-8(3-1)7-11-10(9)5-6-10/h8-9,11H,1-7H2. The number of rotatable bonds is 0. The van der Waals surface area contributed by atoms with E-state index in [1.54, 1.807) is 0 Å². The van der Waals surface area contributed by atoms with Crippen LogP contribution < -0.4 is 5.32 Å². The van der Waals surface area contributed by atoms with E-state index in [1.165, 1.54) is 45.1 Å². The highest BCUT2D eigenvalue weighted by Crippen LogP contribution is 2.53. The second kappa shape index (κ2) is 2.01. The predicted molar refractivity (Wildman–Crippen MR) is 45.4 cm³/mol. The van der Waals surface area contributed by atoms with E-state index in [0.29, 0.717) is 5.54 Å². The molecule has 1 heteroatoms. The topological polar surface area (TPSA) is 12.0 Å². The molecule has 3 rings (SSSR count). The lowest BCUT2D eigenvalue weighted by molar-refractivity contribution is 0.255. The van der Waals surface area contributed by atoms with Crippen molar-refractivity contribution in [2.45, 2.75) is 44.1 Å². The average Bonchev–Trinajstić information content (AvgIpc) is 2.72. The Morgan fingerprint density at radius 3 is 2.73 bits per heavy atom. The predicted octanol–water partition coefficient (Wildman–Crippen LogP) is 1.93. The summed E-state index contributed by atoms with van der Waals surface area (Å²) in [7, 11) is 0. The molecule has 2 aliphatic carbocycles. The summed E-state index contributed by atoms with van der Waals surface area (Å²) in [5.41, 5.74) is 0.686. The highest BCUT2D eigenvalue weighted by atomic mass is 15.1. The molecule has 2 atom stereocenters. The minimum Gasteiger partial charge on any atom is -0.311 e. The largest absolute Gasteiger partial charge is 0.311 e. The highest BCUT2D eigenvalue weighted by molar-refractivity contribution is 5.13. The zero-order valence-corrected chi connectivity index (χ0v) is 7.10. The van der Waals surface area contributed by atoms with Crippen molar-refractivity contribution >= 4 is 0 Å². The summed E-state index contributed by atoms with van der Waals surface area (Å²) in [4.78, 5) is 0. The van der Waals surface area contributed by atoms with E-state index in [1.807, 2.05) is 0 Å². The monoisotopic (exact) mass is 151 g/mol. The van der Waals surface area contributed by atoms with Crippen molar-refractivity contribution in [3.63, 3.8) is 0 Å². The minimum atomic E-state index is 0.686. The minimum absolute atomic E-state index is 0.686. The van der Waals surface area contributed by atoms with Crippen LogP contribution in [0.5, 0.6) is 0 Å². The molecule has 1 nitrogen and oxygen atoms in total. The van der Waals surface area contributed by atoms with Crippen molar-refractivity contribution in [2.24, 2.45) is 11.8 Å². The molecule has 1 heterocycles. The average molecular weight is 151 g/mol. The lowest BCUT2D eigenvalue weighted by Gasteiger charge is -2.28. The van der Waals surface area contributed by atoms with Gasteiger partial charge in [0.1, 0.15) is 0 Å². The number of nitrogens with one attached hydrogen (secondary N) is 1. The van der Waals surface area contributed by atoms with Gasteiger partial charge in [-0.1, -0.05) is 12.8 Å². The van der Waals surface area contributed by atoms with Gasteiger partial charge in [-0.3, -0.25) is 0 Å². The van der Waals surface area contributed by atoms with Crippen molar-refractivity contribution in [1.82, 2.24) is 5.32 Å². The van der Waals surface area contributed by atoms with Gasteiger partial charge in [0.2, 0.25) is 0 Å². The number of hydrogen-bond acceptors (Lipinski definition) is 1. The third kappa shape index (κ3) is 0.807. The summed E-state index contributed by atoms with van der Waals surface area (Å²) in [5, 5.41) is 3.75. The van der Waals surface area contributed by atoms with Crippen LogP contribution in [0.1, 0.15) is 38.5 Å². The van der Waals surface area contributed by atoms with Gasteiger partial charge in [0, 0.05) is 5.54 Å². The van der Waals surface area contributed by atoms with E-state index >= 15 is 0 Å². The summed E-state index contributed by atoms with van der Waals surface area (Å²) < 4.78 is 0. The summed E-state index contributed by atoms with van der Waals surface area (Å²) in [6.45, 7) is 1.34. The molecule has 11 heavy (non-hydrogen) atoms. The first-order chi connectivity index (χ1) is 5.41. The Morgan fingerprint density at radius 1 is 1.09 bits per heavy atom. The van der Waals surface area contributed by atoms with E-state index in [2.05, 4.69) is 5.32 Å². The maximum absolute atomic E-state index is 3.75. The third-order valence-corrected chi connectivity index (χ3v) is 4.12. The highest BCUT2D eigenvalue weighted by Gasteiger charge is 2.55. The normalized spacial score (nSPS) is 45.8. The smallest absolute Gasteiger partial charge is 0.0214 e. The van der Waals surface area contributed by atoms with Crippen LogP contribution in [-0.4, -0.2) is 12.1 Å². The number of fused-ring (bicyclic) bond motifs is 2. The molecular weight excluding hydrogens is 134 g/mol. The van der Waals surface area contributed by atoms with Crippen molar-refractivity contribution in [3.05, 3.63) is 0 Å². The van der Waals surface area contributed by atoms with E-state index < -0.39 is 0 Å². The Balaban J connectivity index is 1.83. The molecule has 2 unspecified atom stereocenters. The molecular formula is C10H17N. The lowest BCUT2D eigenvalue weighted by Crippen LogP contribution is -2.30. The van der Waals surface area contributed by atoms with Crippen LogP contribution in [-0.2, 0) is 0 Å². The van der Waals surface area contributed by atoms with E-state index in [0.717, 1.165) is 11.8 Å². The maximum Gasteiger partial charge on any atom is 0.0214 e. The molecule has 0 amide bonds. The molecule has 62 valence electrons. The fourth-order valence-corrected chi connectivity index (χ4v) is 3.33. The van der Waals surface area contributed by atoms with Crippen molar-refractivity contribution in [1.29, 1.82) is 0 Å². The van der Waals surface area contributed by atoms with Gasteiger partial charge in [0.15, 0.2) is 0 Å².